The average molecular weight is 431 g/mol. The Labute approximate surface area is 177 Å². The van der Waals surface area contributed by atoms with Crippen LogP contribution < -0.4 is 5.32 Å². The molecule has 3 heterocycles. The van der Waals surface area contributed by atoms with Gasteiger partial charge in [-0.15, -0.1) is 0 Å². The summed E-state index contributed by atoms with van der Waals surface area (Å²) in [6, 6.07) is 8.38. The number of ether oxygens (including phenoxy) is 1. The molecule has 30 heavy (non-hydrogen) atoms. The lowest BCUT2D eigenvalue weighted by Gasteiger charge is -2.32. The molecule has 4 rings (SSSR count). The Hall–Kier alpha value is -2.81. The molecule has 2 aromatic rings. The minimum absolute atomic E-state index is 0.0784. The first kappa shape index (κ1) is 20.5. The van der Waals surface area contributed by atoms with Gasteiger partial charge >= 0.3 is 5.97 Å². The van der Waals surface area contributed by atoms with Crippen molar-refractivity contribution in [3.63, 3.8) is 0 Å². The zero-order valence-electron chi connectivity index (χ0n) is 16.0. The van der Waals surface area contributed by atoms with Crippen molar-refractivity contribution in [1.82, 2.24) is 15.2 Å². The van der Waals surface area contributed by atoms with Crippen molar-refractivity contribution >= 4 is 23.4 Å². The largest absolute Gasteiger partial charge is 0.478 e. The molecule has 0 amide bonds. The highest BCUT2D eigenvalue weighted by molar-refractivity contribution is 6.31. The van der Waals surface area contributed by atoms with E-state index in [9.17, 15) is 14.3 Å². The maximum atomic E-state index is 13.6. The Morgan fingerprint density at radius 1 is 1.30 bits per heavy atom. The number of hydrogen-bond acceptors (Lipinski definition) is 6. The second kappa shape index (κ2) is 8.91. The molecular formula is C21H20ClFN4O3. The molecule has 156 valence electrons. The monoisotopic (exact) mass is 430 g/mol. The Balaban J connectivity index is 1.80. The summed E-state index contributed by atoms with van der Waals surface area (Å²) in [6.07, 6.45) is 1.64. The normalized spacial score (nSPS) is 19.9. The number of benzene rings is 1. The van der Waals surface area contributed by atoms with Gasteiger partial charge in [0.25, 0.3) is 0 Å². The summed E-state index contributed by atoms with van der Waals surface area (Å²) < 4.78 is 19.0. The van der Waals surface area contributed by atoms with Gasteiger partial charge in [0, 0.05) is 42.1 Å². The summed E-state index contributed by atoms with van der Waals surface area (Å²) >= 11 is 6.28. The Morgan fingerprint density at radius 2 is 2.10 bits per heavy atom. The van der Waals surface area contributed by atoms with Gasteiger partial charge in [-0.25, -0.2) is 9.18 Å². The number of carbonyl (C=O) groups is 1. The summed E-state index contributed by atoms with van der Waals surface area (Å²) in [5.41, 5.74) is 1.58. The summed E-state index contributed by atoms with van der Waals surface area (Å²) in [5, 5.41) is 13.3. The van der Waals surface area contributed by atoms with Crippen LogP contribution in [0.25, 0.3) is 0 Å². The highest BCUT2D eigenvalue weighted by Gasteiger charge is 2.33. The molecule has 2 aliphatic rings. The number of nitrogens with zero attached hydrogens (tertiary/aromatic N) is 3. The standard InChI is InChI=1S/C21H20ClFN4O3/c22-15-11-13(23)4-5-14(15)19-18(21(28)29)17(12-27-7-9-30-10-8-27)25-20(26-19)16-3-1-2-6-24-16/h1-6,11,19H,7-10,12H2,(H,25,26)(H,28,29). The van der Waals surface area contributed by atoms with Gasteiger partial charge in [0.05, 0.1) is 18.8 Å². The van der Waals surface area contributed by atoms with Crippen molar-refractivity contribution in [2.75, 3.05) is 32.8 Å². The Bertz CT molecular complexity index is 1010. The zero-order valence-corrected chi connectivity index (χ0v) is 16.8. The number of carboxylic acids is 1. The lowest BCUT2D eigenvalue weighted by Crippen LogP contribution is -2.43. The van der Waals surface area contributed by atoms with Gasteiger partial charge in [0.1, 0.15) is 17.6 Å². The van der Waals surface area contributed by atoms with Gasteiger partial charge in [-0.05, 0) is 24.3 Å². The second-order valence-corrected chi connectivity index (χ2v) is 7.38. The predicted octanol–water partition coefficient (Wildman–Crippen LogP) is 2.64. The molecule has 0 spiro atoms. The number of aliphatic imine (C=N–C) groups is 1. The predicted molar refractivity (Wildman–Crippen MR) is 110 cm³/mol. The first-order chi connectivity index (χ1) is 14.5. The van der Waals surface area contributed by atoms with E-state index in [-0.39, 0.29) is 10.6 Å². The molecule has 2 aliphatic heterocycles. The number of rotatable bonds is 5. The molecule has 1 aromatic carbocycles. The number of hydrogen-bond donors (Lipinski definition) is 2. The van der Waals surface area contributed by atoms with Gasteiger partial charge in [-0.3, -0.25) is 14.9 Å². The van der Waals surface area contributed by atoms with E-state index in [0.29, 0.717) is 55.6 Å². The number of aromatic nitrogens is 1. The lowest BCUT2D eigenvalue weighted by atomic mass is 9.95. The molecule has 1 saturated heterocycles. The molecule has 0 aliphatic carbocycles. The summed E-state index contributed by atoms with van der Waals surface area (Å²) in [6.45, 7) is 2.94. The van der Waals surface area contributed by atoms with Crippen molar-refractivity contribution < 1.29 is 19.0 Å². The number of nitrogens with one attached hydrogen (secondary N) is 1. The number of halogens is 2. The van der Waals surface area contributed by atoms with Crippen LogP contribution in [-0.2, 0) is 9.53 Å². The molecule has 0 radical (unpaired) electrons. The Kier molecular flexibility index (Phi) is 6.08. The lowest BCUT2D eigenvalue weighted by molar-refractivity contribution is -0.133. The molecule has 1 fully saturated rings. The van der Waals surface area contributed by atoms with Crippen molar-refractivity contribution in [1.29, 1.82) is 0 Å². The fourth-order valence-electron chi connectivity index (χ4n) is 3.54. The van der Waals surface area contributed by atoms with Crippen molar-refractivity contribution in [3.05, 3.63) is 76.0 Å². The van der Waals surface area contributed by atoms with Crippen LogP contribution in [0.1, 0.15) is 17.3 Å². The Morgan fingerprint density at radius 3 is 2.77 bits per heavy atom. The van der Waals surface area contributed by atoms with E-state index in [1.807, 2.05) is 6.07 Å². The highest BCUT2D eigenvalue weighted by atomic mass is 35.5. The van der Waals surface area contributed by atoms with Crippen LogP contribution >= 0.6 is 11.6 Å². The van der Waals surface area contributed by atoms with E-state index in [4.69, 9.17) is 16.3 Å². The number of amidine groups is 1. The zero-order chi connectivity index (χ0) is 21.1. The quantitative estimate of drug-likeness (QED) is 0.758. The summed E-state index contributed by atoms with van der Waals surface area (Å²) in [5.74, 6) is -1.17. The van der Waals surface area contributed by atoms with Gasteiger partial charge in [0.15, 0.2) is 5.84 Å². The molecule has 1 atom stereocenters. The van der Waals surface area contributed by atoms with E-state index in [2.05, 4.69) is 20.2 Å². The third-order valence-corrected chi connectivity index (χ3v) is 5.33. The van der Waals surface area contributed by atoms with Gasteiger partial charge < -0.3 is 15.2 Å². The summed E-state index contributed by atoms with van der Waals surface area (Å²) in [7, 11) is 0. The van der Waals surface area contributed by atoms with Crippen LogP contribution in [0.15, 0.2) is 58.9 Å². The summed E-state index contributed by atoms with van der Waals surface area (Å²) in [4.78, 5) is 23.3. The number of morpholine rings is 1. The fraction of sp³-hybridized carbons (Fsp3) is 0.286. The third-order valence-electron chi connectivity index (χ3n) is 5.01. The van der Waals surface area contributed by atoms with E-state index in [1.54, 1.807) is 18.3 Å². The van der Waals surface area contributed by atoms with Crippen LogP contribution in [0.4, 0.5) is 4.39 Å². The first-order valence-electron chi connectivity index (χ1n) is 9.50. The highest BCUT2D eigenvalue weighted by Crippen LogP contribution is 2.36. The average Bonchev–Trinajstić information content (AvgIpc) is 2.74. The molecule has 0 saturated carbocycles. The SMILES string of the molecule is O=C(O)C1=C(CN2CCOCC2)NC(c2ccccn2)=NC1c1ccc(F)cc1Cl. The number of pyridine rings is 1. The van der Waals surface area contributed by atoms with Crippen LogP contribution in [0.5, 0.6) is 0 Å². The van der Waals surface area contributed by atoms with E-state index >= 15 is 0 Å². The number of aliphatic carboxylic acids is 1. The maximum absolute atomic E-state index is 13.6. The first-order valence-corrected chi connectivity index (χ1v) is 9.88. The van der Waals surface area contributed by atoms with E-state index < -0.39 is 17.8 Å². The number of carboxylic acid groups (broad SMARTS) is 1. The van der Waals surface area contributed by atoms with Gasteiger partial charge in [0.2, 0.25) is 0 Å². The molecule has 1 unspecified atom stereocenters. The van der Waals surface area contributed by atoms with Crippen molar-refractivity contribution in [2.24, 2.45) is 4.99 Å². The third kappa shape index (κ3) is 4.35. The molecular weight excluding hydrogens is 411 g/mol. The minimum atomic E-state index is -1.11. The second-order valence-electron chi connectivity index (χ2n) is 6.97. The molecule has 1 aromatic heterocycles. The van der Waals surface area contributed by atoms with Crippen LogP contribution in [0.2, 0.25) is 5.02 Å². The van der Waals surface area contributed by atoms with Crippen LogP contribution in [0, 0.1) is 5.82 Å². The topological polar surface area (TPSA) is 87.0 Å². The molecule has 0 bridgehead atoms. The molecule has 2 N–H and O–H groups in total. The van der Waals surface area contributed by atoms with Crippen LogP contribution in [-0.4, -0.2) is 59.6 Å². The van der Waals surface area contributed by atoms with E-state index in [0.717, 1.165) is 6.07 Å². The molecule has 9 heteroatoms. The minimum Gasteiger partial charge on any atom is -0.478 e. The van der Waals surface area contributed by atoms with Gasteiger partial charge in [-0.2, -0.15) is 0 Å². The van der Waals surface area contributed by atoms with Crippen LogP contribution in [0.3, 0.4) is 0 Å². The fourth-order valence-corrected chi connectivity index (χ4v) is 3.81. The van der Waals surface area contributed by atoms with Crippen molar-refractivity contribution in [3.8, 4) is 0 Å². The smallest absolute Gasteiger partial charge is 0.335 e. The maximum Gasteiger partial charge on any atom is 0.335 e. The van der Waals surface area contributed by atoms with Gasteiger partial charge in [-0.1, -0.05) is 23.7 Å². The van der Waals surface area contributed by atoms with E-state index in [1.165, 1.54) is 12.1 Å². The molecule has 7 nitrogen and oxygen atoms in total. The van der Waals surface area contributed by atoms with Crippen molar-refractivity contribution in [2.45, 2.75) is 6.04 Å².